The van der Waals surface area contributed by atoms with Crippen molar-refractivity contribution < 1.29 is 18.7 Å². The molecule has 1 aliphatic heterocycles. The van der Waals surface area contributed by atoms with Gasteiger partial charge in [0.25, 0.3) is 0 Å². The molecular formula is C21H28FN3O3. The van der Waals surface area contributed by atoms with Gasteiger partial charge in [0.2, 0.25) is 5.91 Å². The minimum Gasteiger partial charge on any atom is -0.378 e. The van der Waals surface area contributed by atoms with Gasteiger partial charge in [0.1, 0.15) is 11.6 Å². The number of ether oxygens (including phenoxy) is 2. The summed E-state index contributed by atoms with van der Waals surface area (Å²) in [5.41, 5.74) is 1.33. The van der Waals surface area contributed by atoms with E-state index in [1.165, 1.54) is 12.1 Å². The Kier molecular flexibility index (Phi) is 6.46. The first kappa shape index (κ1) is 20.5. The number of aromatic nitrogens is 2. The molecule has 0 aliphatic carbocycles. The number of anilines is 1. The fourth-order valence-electron chi connectivity index (χ4n) is 2.98. The van der Waals surface area contributed by atoms with E-state index in [2.05, 4.69) is 31.2 Å². The third-order valence-electron chi connectivity index (χ3n) is 4.62. The van der Waals surface area contributed by atoms with Gasteiger partial charge in [0.05, 0.1) is 37.1 Å². The molecule has 0 saturated carbocycles. The first-order valence-electron chi connectivity index (χ1n) is 9.68. The average Bonchev–Trinajstić information content (AvgIpc) is 3.29. The number of nitrogens with zero attached hydrogens (tertiary/aromatic N) is 2. The Balaban J connectivity index is 1.64. The Morgan fingerprint density at radius 1 is 1.36 bits per heavy atom. The van der Waals surface area contributed by atoms with Crippen LogP contribution in [0.25, 0.3) is 5.69 Å². The molecule has 2 heterocycles. The molecule has 0 spiro atoms. The summed E-state index contributed by atoms with van der Waals surface area (Å²) in [7, 11) is 0. The van der Waals surface area contributed by atoms with Crippen LogP contribution in [0.15, 0.2) is 30.3 Å². The van der Waals surface area contributed by atoms with E-state index >= 15 is 0 Å². The number of benzene rings is 1. The fourth-order valence-corrected chi connectivity index (χ4v) is 2.98. The number of nitrogens with one attached hydrogen (secondary N) is 1. The fraction of sp³-hybridized carbons (Fsp3) is 0.524. The van der Waals surface area contributed by atoms with Gasteiger partial charge in [-0.15, -0.1) is 0 Å². The van der Waals surface area contributed by atoms with Crippen molar-refractivity contribution in [1.29, 1.82) is 0 Å². The van der Waals surface area contributed by atoms with Gasteiger partial charge in [-0.2, -0.15) is 5.10 Å². The van der Waals surface area contributed by atoms with Crippen molar-refractivity contribution in [2.24, 2.45) is 0 Å². The van der Waals surface area contributed by atoms with Crippen LogP contribution in [0.2, 0.25) is 0 Å². The van der Waals surface area contributed by atoms with Crippen molar-refractivity contribution in [3.8, 4) is 5.69 Å². The highest BCUT2D eigenvalue weighted by Gasteiger charge is 2.21. The average molecular weight is 389 g/mol. The molecule has 28 heavy (non-hydrogen) atoms. The lowest BCUT2D eigenvalue weighted by atomic mass is 9.92. The van der Waals surface area contributed by atoms with Crippen molar-refractivity contribution in [2.75, 3.05) is 25.1 Å². The van der Waals surface area contributed by atoms with Crippen molar-refractivity contribution in [3.05, 3.63) is 41.8 Å². The maximum absolute atomic E-state index is 13.3. The maximum Gasteiger partial charge on any atom is 0.227 e. The number of hydrogen-bond acceptors (Lipinski definition) is 4. The van der Waals surface area contributed by atoms with E-state index in [9.17, 15) is 9.18 Å². The summed E-state index contributed by atoms with van der Waals surface area (Å²) < 4.78 is 26.0. The summed E-state index contributed by atoms with van der Waals surface area (Å²) in [6, 6.07) is 7.87. The van der Waals surface area contributed by atoms with Crippen molar-refractivity contribution in [1.82, 2.24) is 9.78 Å². The van der Waals surface area contributed by atoms with E-state index in [0.29, 0.717) is 24.7 Å². The molecule has 1 aromatic carbocycles. The molecule has 7 heteroatoms. The Hall–Kier alpha value is -2.25. The van der Waals surface area contributed by atoms with Crippen molar-refractivity contribution in [3.63, 3.8) is 0 Å². The molecule has 152 valence electrons. The van der Waals surface area contributed by atoms with Gasteiger partial charge in [0, 0.05) is 18.1 Å². The van der Waals surface area contributed by atoms with Gasteiger partial charge in [-0.1, -0.05) is 20.8 Å². The van der Waals surface area contributed by atoms with E-state index in [0.717, 1.165) is 25.1 Å². The van der Waals surface area contributed by atoms with Crippen LogP contribution in [0.3, 0.4) is 0 Å². The number of hydrogen-bond donors (Lipinski definition) is 1. The monoisotopic (exact) mass is 389 g/mol. The molecule has 1 unspecified atom stereocenters. The zero-order valence-electron chi connectivity index (χ0n) is 16.7. The zero-order valence-corrected chi connectivity index (χ0v) is 16.7. The minimum atomic E-state index is -0.319. The molecule has 1 N–H and O–H groups in total. The first-order chi connectivity index (χ1) is 13.3. The molecule has 1 aliphatic rings. The third kappa shape index (κ3) is 5.39. The largest absolute Gasteiger partial charge is 0.378 e. The van der Waals surface area contributed by atoms with Crippen LogP contribution in [0, 0.1) is 5.82 Å². The summed E-state index contributed by atoms with van der Waals surface area (Å²) in [6.07, 6.45) is 2.47. The van der Waals surface area contributed by atoms with Gasteiger partial charge >= 0.3 is 0 Å². The summed E-state index contributed by atoms with van der Waals surface area (Å²) in [5, 5.41) is 7.52. The second-order valence-corrected chi connectivity index (χ2v) is 8.06. The van der Waals surface area contributed by atoms with Gasteiger partial charge in [-0.05, 0) is 37.1 Å². The molecule has 1 amide bonds. The lowest BCUT2D eigenvalue weighted by Gasteiger charge is -2.14. The third-order valence-corrected chi connectivity index (χ3v) is 4.62. The quantitative estimate of drug-likeness (QED) is 0.731. The van der Waals surface area contributed by atoms with E-state index in [1.807, 2.05) is 6.07 Å². The predicted octanol–water partition coefficient (Wildman–Crippen LogP) is 3.83. The SMILES string of the molecule is CC(C)(C)c1cc(NC(=O)CCOCC2CCCO2)n(-c2ccc(F)cc2)n1. The Morgan fingerprint density at radius 3 is 2.75 bits per heavy atom. The summed E-state index contributed by atoms with van der Waals surface area (Å²) in [6.45, 7) is 7.80. The highest BCUT2D eigenvalue weighted by Crippen LogP contribution is 2.26. The van der Waals surface area contributed by atoms with Crippen LogP contribution in [0.4, 0.5) is 10.2 Å². The van der Waals surface area contributed by atoms with E-state index < -0.39 is 0 Å². The van der Waals surface area contributed by atoms with Gasteiger partial charge in [-0.3, -0.25) is 4.79 Å². The predicted molar refractivity (Wildman–Crippen MR) is 105 cm³/mol. The number of rotatable bonds is 7. The van der Waals surface area contributed by atoms with Crippen molar-refractivity contribution >= 4 is 11.7 Å². The smallest absolute Gasteiger partial charge is 0.227 e. The zero-order chi connectivity index (χ0) is 20.1. The van der Waals surface area contributed by atoms with Crippen LogP contribution in [0.1, 0.15) is 45.7 Å². The number of carbonyl (C=O) groups excluding carboxylic acids is 1. The summed E-state index contributed by atoms with van der Waals surface area (Å²) in [5.74, 6) is 0.0812. The van der Waals surface area contributed by atoms with E-state index in [1.54, 1.807) is 16.8 Å². The Labute approximate surface area is 165 Å². The molecule has 1 saturated heterocycles. The highest BCUT2D eigenvalue weighted by atomic mass is 19.1. The number of halogens is 1. The maximum atomic E-state index is 13.3. The molecule has 2 aromatic rings. The molecule has 6 nitrogen and oxygen atoms in total. The Bertz CT molecular complexity index is 790. The molecule has 3 rings (SSSR count). The first-order valence-corrected chi connectivity index (χ1v) is 9.68. The topological polar surface area (TPSA) is 65.4 Å². The minimum absolute atomic E-state index is 0.150. The molecule has 0 bridgehead atoms. The van der Waals surface area contributed by atoms with Crippen LogP contribution >= 0.6 is 0 Å². The second-order valence-electron chi connectivity index (χ2n) is 8.06. The van der Waals surface area contributed by atoms with Crippen molar-refractivity contribution in [2.45, 2.75) is 51.6 Å². The lowest BCUT2D eigenvalue weighted by molar-refractivity contribution is -0.117. The van der Waals surface area contributed by atoms with E-state index in [-0.39, 0.29) is 29.7 Å². The molecule has 1 fully saturated rings. The lowest BCUT2D eigenvalue weighted by Crippen LogP contribution is -2.19. The molecule has 1 aromatic heterocycles. The molecule has 1 atom stereocenters. The van der Waals surface area contributed by atoms with Crippen LogP contribution in [0.5, 0.6) is 0 Å². The molecule has 0 radical (unpaired) electrons. The van der Waals surface area contributed by atoms with E-state index in [4.69, 9.17) is 9.47 Å². The Morgan fingerprint density at radius 2 is 2.11 bits per heavy atom. The van der Waals surface area contributed by atoms with Crippen LogP contribution in [-0.4, -0.2) is 41.6 Å². The second kappa shape index (κ2) is 8.84. The number of carbonyl (C=O) groups is 1. The highest BCUT2D eigenvalue weighted by molar-refractivity contribution is 5.90. The van der Waals surface area contributed by atoms with Gasteiger partial charge in [-0.25, -0.2) is 9.07 Å². The van der Waals surface area contributed by atoms with Gasteiger partial charge < -0.3 is 14.8 Å². The normalized spacial score (nSPS) is 17.1. The van der Waals surface area contributed by atoms with Crippen LogP contribution < -0.4 is 5.32 Å². The van der Waals surface area contributed by atoms with Gasteiger partial charge in [0.15, 0.2) is 0 Å². The summed E-state index contributed by atoms with van der Waals surface area (Å²) >= 11 is 0. The summed E-state index contributed by atoms with van der Waals surface area (Å²) in [4.78, 5) is 12.4. The standard InChI is InChI=1S/C21H28FN3O3/c1-21(2,3)18-13-19(25(24-18)16-8-6-15(22)7-9-16)23-20(26)10-12-27-14-17-5-4-11-28-17/h6-9,13,17H,4-5,10-12,14H2,1-3H3,(H,23,26). The van der Waals surface area contributed by atoms with Crippen LogP contribution in [-0.2, 0) is 19.7 Å². The number of amides is 1. The molecular weight excluding hydrogens is 361 g/mol.